The van der Waals surface area contributed by atoms with Gasteiger partial charge in [-0.2, -0.15) is 0 Å². The number of aromatic hydroxyl groups is 1. The molecule has 2 aromatic carbocycles. The average molecular weight is 604 g/mol. The molecule has 0 saturated heterocycles. The number of amides is 4. The smallest absolute Gasteiger partial charge is 0.243 e. The molecule has 0 aliphatic heterocycles. The van der Waals surface area contributed by atoms with E-state index in [0.29, 0.717) is 12.2 Å². The van der Waals surface area contributed by atoms with E-state index in [9.17, 15) is 33.6 Å². The van der Waals surface area contributed by atoms with Crippen LogP contribution in [0, 0.1) is 0 Å². The molecule has 42 heavy (non-hydrogen) atoms. The topological polar surface area (TPSA) is 191 Å². The average Bonchev–Trinajstić information content (AvgIpc) is 2.97. The third-order valence-electron chi connectivity index (χ3n) is 6.65. The predicted molar refractivity (Wildman–Crippen MR) is 160 cm³/mol. The number of nitrogens with two attached hydrogens (primary N) is 1. The zero-order valence-electron chi connectivity index (χ0n) is 24.1. The molecule has 0 bridgehead atoms. The summed E-state index contributed by atoms with van der Waals surface area (Å²) in [7, 11) is 0.351. The van der Waals surface area contributed by atoms with Crippen LogP contribution >= 0.6 is 0 Å². The molecular weight excluding hydrogens is 562 g/mol. The van der Waals surface area contributed by atoms with Crippen molar-refractivity contribution in [1.29, 1.82) is 0 Å². The molecule has 0 aliphatic rings. The molecule has 7 N–H and O–H groups in total. The summed E-state index contributed by atoms with van der Waals surface area (Å²) >= 11 is 0. The van der Waals surface area contributed by atoms with Gasteiger partial charge in [0.25, 0.3) is 0 Å². The Morgan fingerprint density at radius 3 is 2.14 bits per heavy atom. The number of hydrogen-bond donors (Lipinski definition) is 6. The van der Waals surface area contributed by atoms with E-state index in [2.05, 4.69) is 16.0 Å². The Morgan fingerprint density at radius 1 is 0.929 bits per heavy atom. The first kappa shape index (κ1) is 34.4. The Balaban J connectivity index is 1.98. The van der Waals surface area contributed by atoms with Crippen LogP contribution in [0.25, 0.3) is 0 Å². The predicted octanol–water partition coefficient (Wildman–Crippen LogP) is -0.802. The number of carbonyl (C=O) groups excluding carboxylic acids is 4. The zero-order chi connectivity index (χ0) is 31.2. The van der Waals surface area contributed by atoms with Gasteiger partial charge in [0.15, 0.2) is 0 Å². The third kappa shape index (κ3) is 11.6. The van der Waals surface area contributed by atoms with Crippen molar-refractivity contribution in [3.8, 4) is 5.75 Å². The highest BCUT2D eigenvalue weighted by Gasteiger charge is 2.29. The minimum absolute atomic E-state index is 0.0920. The first-order valence-electron chi connectivity index (χ1n) is 13.5. The minimum atomic E-state index is -1.10. The summed E-state index contributed by atoms with van der Waals surface area (Å²) in [5, 5.41) is 26.8. The van der Waals surface area contributed by atoms with E-state index in [1.54, 1.807) is 12.1 Å². The lowest BCUT2D eigenvalue weighted by Gasteiger charge is -2.29. The van der Waals surface area contributed by atoms with Gasteiger partial charge < -0.3 is 36.8 Å². The summed E-state index contributed by atoms with van der Waals surface area (Å²) in [5.41, 5.74) is 7.50. The van der Waals surface area contributed by atoms with Gasteiger partial charge in [-0.3, -0.25) is 23.4 Å². The Hall–Kier alpha value is -3.81. The molecule has 0 fully saturated rings. The Labute approximate surface area is 248 Å². The molecule has 0 saturated carbocycles. The molecule has 12 nitrogen and oxygen atoms in total. The number of benzene rings is 2. The molecule has 230 valence electrons. The van der Waals surface area contributed by atoms with E-state index >= 15 is 0 Å². The maximum Gasteiger partial charge on any atom is 0.243 e. The summed E-state index contributed by atoms with van der Waals surface area (Å²) < 4.78 is 11.5. The number of likely N-dealkylation sites (N-methyl/N-ethyl adjacent to an activating group) is 1. The van der Waals surface area contributed by atoms with Gasteiger partial charge in [0.05, 0.1) is 25.2 Å². The van der Waals surface area contributed by atoms with Crippen LogP contribution in [0.2, 0.25) is 0 Å². The number of hydrogen-bond acceptors (Lipinski definition) is 8. The van der Waals surface area contributed by atoms with E-state index in [1.807, 2.05) is 30.3 Å². The van der Waals surface area contributed by atoms with Crippen molar-refractivity contribution in [1.82, 2.24) is 20.9 Å². The standard InChI is InChI=1S/C29H41N5O7S/c1-19(32-28(39)24(30)15-21-9-11-23(36)12-10-21)27(38)31-17-26(37)34(2)25(16-20-7-5-4-6-8-20)29(40)33-22(18-35)13-14-42(3)41/h4-12,19,22,24-25,35-36H,13-18,30H2,1-3H3,(H,31,38)(H,32,39)(H,33,40)/t19-,22-,24-,25-,42?/m0/s1. The number of nitrogens with one attached hydrogen (secondary N) is 3. The van der Waals surface area contributed by atoms with Crippen LogP contribution in [0.3, 0.4) is 0 Å². The van der Waals surface area contributed by atoms with E-state index in [0.717, 1.165) is 11.1 Å². The van der Waals surface area contributed by atoms with E-state index in [1.165, 1.54) is 37.3 Å². The van der Waals surface area contributed by atoms with Gasteiger partial charge in [-0.15, -0.1) is 0 Å². The molecule has 0 radical (unpaired) electrons. The minimum Gasteiger partial charge on any atom is -0.508 e. The Morgan fingerprint density at radius 2 is 1.55 bits per heavy atom. The summed E-state index contributed by atoms with van der Waals surface area (Å²) in [6.45, 7) is 0.682. The number of carbonyl (C=O) groups is 4. The van der Waals surface area contributed by atoms with Crippen LogP contribution < -0.4 is 21.7 Å². The quantitative estimate of drug-likeness (QED) is 0.144. The zero-order valence-corrected chi connectivity index (χ0v) is 24.9. The van der Waals surface area contributed by atoms with Crippen molar-refractivity contribution in [2.45, 2.75) is 50.4 Å². The lowest BCUT2D eigenvalue weighted by Crippen LogP contribution is -2.55. The van der Waals surface area contributed by atoms with Gasteiger partial charge in [-0.05, 0) is 43.0 Å². The molecule has 2 rings (SSSR count). The molecule has 0 spiro atoms. The lowest BCUT2D eigenvalue weighted by molar-refractivity contribution is -0.139. The Bertz CT molecular complexity index is 1210. The number of aliphatic hydroxyl groups excluding tert-OH is 1. The molecule has 0 aromatic heterocycles. The van der Waals surface area contributed by atoms with E-state index in [-0.39, 0.29) is 25.2 Å². The third-order valence-corrected chi connectivity index (χ3v) is 7.46. The summed E-state index contributed by atoms with van der Waals surface area (Å²) in [4.78, 5) is 52.6. The Kier molecular flexibility index (Phi) is 14.1. The molecule has 0 aliphatic carbocycles. The van der Waals surface area contributed by atoms with Crippen LogP contribution in [0.1, 0.15) is 24.5 Å². The van der Waals surface area contributed by atoms with Crippen molar-refractivity contribution < 1.29 is 33.6 Å². The van der Waals surface area contributed by atoms with Gasteiger partial charge in [-0.25, -0.2) is 0 Å². The fraction of sp³-hybridized carbons (Fsp3) is 0.448. The fourth-order valence-electron chi connectivity index (χ4n) is 4.04. The van der Waals surface area contributed by atoms with Crippen LogP contribution in [0.5, 0.6) is 5.75 Å². The summed E-state index contributed by atoms with van der Waals surface area (Å²) in [6, 6.07) is 11.8. The van der Waals surface area contributed by atoms with E-state index < -0.39 is 65.1 Å². The highest BCUT2D eigenvalue weighted by molar-refractivity contribution is 7.84. The van der Waals surface area contributed by atoms with Gasteiger partial charge in [0.1, 0.15) is 17.8 Å². The molecule has 1 unspecified atom stereocenters. The van der Waals surface area contributed by atoms with Gasteiger partial charge in [0.2, 0.25) is 23.6 Å². The summed E-state index contributed by atoms with van der Waals surface area (Å²) in [5.74, 6) is -1.82. The number of rotatable bonds is 16. The van der Waals surface area contributed by atoms with Crippen molar-refractivity contribution in [2.24, 2.45) is 5.73 Å². The van der Waals surface area contributed by atoms with Gasteiger partial charge >= 0.3 is 0 Å². The number of aliphatic hydroxyl groups is 1. The maximum absolute atomic E-state index is 13.2. The summed E-state index contributed by atoms with van der Waals surface area (Å²) in [6.07, 6.45) is 2.22. The highest BCUT2D eigenvalue weighted by atomic mass is 32.2. The van der Waals surface area contributed by atoms with Crippen LogP contribution in [-0.4, -0.2) is 99.3 Å². The molecule has 4 amide bonds. The van der Waals surface area contributed by atoms with Gasteiger partial charge in [0, 0.05) is 36.3 Å². The molecule has 13 heteroatoms. The second-order valence-corrected chi connectivity index (χ2v) is 11.6. The van der Waals surface area contributed by atoms with Crippen molar-refractivity contribution in [3.63, 3.8) is 0 Å². The van der Waals surface area contributed by atoms with Crippen LogP contribution in [-0.2, 0) is 42.8 Å². The van der Waals surface area contributed by atoms with Crippen LogP contribution in [0.15, 0.2) is 54.6 Å². The largest absolute Gasteiger partial charge is 0.508 e. The highest BCUT2D eigenvalue weighted by Crippen LogP contribution is 2.12. The number of nitrogens with zero attached hydrogens (tertiary/aromatic N) is 1. The molecule has 0 heterocycles. The monoisotopic (exact) mass is 603 g/mol. The molecule has 5 atom stereocenters. The maximum atomic E-state index is 13.2. The van der Waals surface area contributed by atoms with E-state index in [4.69, 9.17) is 5.73 Å². The molecular formula is C29H41N5O7S. The first-order chi connectivity index (χ1) is 19.9. The number of phenolic OH excluding ortho intramolecular Hbond substituents is 1. The van der Waals surface area contributed by atoms with Crippen molar-refractivity contribution in [3.05, 3.63) is 65.7 Å². The SMILES string of the molecule is C[C@H](NC(=O)[C@@H](N)Cc1ccc(O)cc1)C(=O)NCC(=O)N(C)[C@@H](Cc1ccccc1)C(=O)N[C@H](CO)CCS(C)=O. The normalized spacial score (nSPS) is 14.5. The molecule has 2 aromatic rings. The fourth-order valence-corrected chi connectivity index (χ4v) is 4.65. The van der Waals surface area contributed by atoms with Gasteiger partial charge in [-0.1, -0.05) is 42.5 Å². The van der Waals surface area contributed by atoms with Crippen molar-refractivity contribution >= 4 is 34.4 Å². The second-order valence-electron chi connectivity index (χ2n) is 10.1. The number of phenols is 1. The lowest BCUT2D eigenvalue weighted by atomic mass is 10.0. The van der Waals surface area contributed by atoms with Crippen molar-refractivity contribution in [2.75, 3.05) is 32.2 Å². The van der Waals surface area contributed by atoms with Crippen LogP contribution in [0.4, 0.5) is 0 Å². The second kappa shape index (κ2) is 17.2. The first-order valence-corrected chi connectivity index (χ1v) is 15.3.